The summed E-state index contributed by atoms with van der Waals surface area (Å²) in [6, 6.07) is 0. The Morgan fingerprint density at radius 1 is 0.897 bits per heavy atom. The Labute approximate surface area is 167 Å². The van der Waals surface area contributed by atoms with Gasteiger partial charge in [0.25, 0.3) is 6.47 Å². The number of carbonyl (C=O) groups excluding carboxylic acids is 1. The molecular weight excluding hydrogens is 424 g/mol. The van der Waals surface area contributed by atoms with E-state index in [0.29, 0.717) is 0 Å². The molecule has 0 aliphatic carbocycles. The van der Waals surface area contributed by atoms with Gasteiger partial charge in [-0.25, -0.2) is 4.89 Å². The molecule has 14 nitrogen and oxygen atoms in total. The fourth-order valence-corrected chi connectivity index (χ4v) is 3.24. The molecule has 0 radical (unpaired) electrons. The lowest BCUT2D eigenvalue weighted by molar-refractivity contribution is -0.395. The van der Waals surface area contributed by atoms with Crippen LogP contribution in [0.1, 0.15) is 6.92 Å². The number of aliphatic hydroxyl groups excluding tert-OH is 3. The van der Waals surface area contributed by atoms with E-state index in [-0.39, 0.29) is 6.47 Å². The van der Waals surface area contributed by atoms with Gasteiger partial charge >= 0.3 is 11.4 Å². The van der Waals surface area contributed by atoms with Gasteiger partial charge in [-0.05, 0) is 6.92 Å². The Morgan fingerprint density at radius 3 is 2.14 bits per heavy atom. The first-order valence-corrected chi connectivity index (χ1v) is 9.38. The summed E-state index contributed by atoms with van der Waals surface area (Å²) in [5.74, 6) is 0. The van der Waals surface area contributed by atoms with Crippen molar-refractivity contribution in [2.75, 3.05) is 14.2 Å². The van der Waals surface area contributed by atoms with Crippen LogP contribution in [0, 0.1) is 0 Å². The number of carbonyl (C=O) groups is 1. The molecule has 0 bridgehead atoms. The standard InChI is InChI=1S/C14H24O14S/c1-5-9(21-2)10(27-28-29(19)20)8(18)13(24-5)25-11-6(16)7(17)12(22-3)26-14(11)23-4-15/h4-14,16-18H,1-3H3,(H,19,20). The van der Waals surface area contributed by atoms with Crippen molar-refractivity contribution in [1.82, 2.24) is 0 Å². The van der Waals surface area contributed by atoms with E-state index in [2.05, 4.69) is 4.33 Å². The van der Waals surface area contributed by atoms with E-state index in [0.717, 1.165) is 0 Å². The van der Waals surface area contributed by atoms with E-state index in [4.69, 9.17) is 37.9 Å². The lowest BCUT2D eigenvalue weighted by Gasteiger charge is -2.45. The summed E-state index contributed by atoms with van der Waals surface area (Å²) >= 11 is -2.79. The zero-order valence-corrected chi connectivity index (χ0v) is 16.4. The minimum absolute atomic E-state index is 0.0379. The van der Waals surface area contributed by atoms with Crippen LogP contribution in [0.4, 0.5) is 0 Å². The number of ether oxygens (including phenoxy) is 6. The molecule has 11 unspecified atom stereocenters. The van der Waals surface area contributed by atoms with Crippen molar-refractivity contribution in [2.45, 2.75) is 68.5 Å². The molecule has 0 saturated carbocycles. The molecule has 0 spiro atoms. The van der Waals surface area contributed by atoms with Crippen molar-refractivity contribution in [3.8, 4) is 0 Å². The van der Waals surface area contributed by atoms with E-state index >= 15 is 0 Å². The smallest absolute Gasteiger partial charge is 0.331 e. The third kappa shape index (κ3) is 5.66. The topological polar surface area (TPSA) is 189 Å². The molecule has 2 fully saturated rings. The highest BCUT2D eigenvalue weighted by atomic mass is 32.2. The molecule has 2 heterocycles. The number of methoxy groups -OCH3 is 2. The number of aliphatic hydroxyl groups is 3. The predicted molar refractivity (Wildman–Crippen MR) is 87.6 cm³/mol. The molecule has 29 heavy (non-hydrogen) atoms. The van der Waals surface area contributed by atoms with Crippen LogP contribution < -0.4 is 0 Å². The molecule has 2 aliphatic rings. The summed E-state index contributed by atoms with van der Waals surface area (Å²) in [4.78, 5) is 15.5. The molecule has 2 aliphatic heterocycles. The Hall–Kier alpha value is -0.820. The zero-order valence-electron chi connectivity index (χ0n) is 15.6. The number of hydrogen-bond acceptors (Lipinski definition) is 13. The lowest BCUT2D eigenvalue weighted by atomic mass is 9.99. The first-order valence-electron chi connectivity index (χ1n) is 8.35. The molecule has 2 rings (SSSR count). The first kappa shape index (κ1) is 24.4. The van der Waals surface area contributed by atoms with Gasteiger partial charge in [-0.2, -0.15) is 4.21 Å². The Morgan fingerprint density at radius 2 is 1.59 bits per heavy atom. The second-order valence-electron chi connectivity index (χ2n) is 6.17. The average Bonchev–Trinajstić information content (AvgIpc) is 2.68. The van der Waals surface area contributed by atoms with Crippen LogP contribution in [0.15, 0.2) is 0 Å². The summed E-state index contributed by atoms with van der Waals surface area (Å²) in [7, 11) is 2.49. The Balaban J connectivity index is 2.18. The number of hydrogen-bond donors (Lipinski definition) is 4. The zero-order chi connectivity index (χ0) is 21.7. The fourth-order valence-electron chi connectivity index (χ4n) is 3.08. The molecule has 0 aromatic carbocycles. The van der Waals surface area contributed by atoms with Crippen LogP contribution >= 0.6 is 0 Å². The summed E-state index contributed by atoms with van der Waals surface area (Å²) in [5.41, 5.74) is 0. The van der Waals surface area contributed by atoms with Crippen LogP contribution in [0.2, 0.25) is 0 Å². The second kappa shape index (κ2) is 11.0. The van der Waals surface area contributed by atoms with E-state index in [1.165, 1.54) is 21.1 Å². The van der Waals surface area contributed by atoms with Gasteiger partial charge in [-0.15, -0.1) is 4.33 Å². The van der Waals surface area contributed by atoms with Crippen molar-refractivity contribution in [2.24, 2.45) is 0 Å². The van der Waals surface area contributed by atoms with Crippen molar-refractivity contribution < 1.29 is 66.5 Å². The molecule has 2 saturated heterocycles. The SMILES string of the molecule is COC1OC(OC=O)C(OC2OC(C)C(OC)C(OOS(=O)O)C2O)C(O)C1O. The van der Waals surface area contributed by atoms with Gasteiger partial charge in [0, 0.05) is 14.2 Å². The van der Waals surface area contributed by atoms with Gasteiger partial charge < -0.3 is 43.7 Å². The van der Waals surface area contributed by atoms with Gasteiger partial charge in [0.1, 0.15) is 24.4 Å². The third-order valence-electron chi connectivity index (χ3n) is 4.45. The molecule has 0 amide bonds. The van der Waals surface area contributed by atoms with Crippen molar-refractivity contribution >= 4 is 17.8 Å². The Kier molecular flexibility index (Phi) is 9.26. The second-order valence-corrected chi connectivity index (χ2v) is 6.74. The van der Waals surface area contributed by atoms with Crippen molar-refractivity contribution in [1.29, 1.82) is 0 Å². The molecular formula is C14H24O14S. The Bertz CT molecular complexity index is 550. The highest BCUT2D eigenvalue weighted by molar-refractivity contribution is 7.74. The summed E-state index contributed by atoms with van der Waals surface area (Å²) in [6.45, 7) is 1.57. The normalized spacial score (nSPS) is 44.2. The largest absolute Gasteiger partial charge is 0.435 e. The minimum Gasteiger partial charge on any atom is -0.435 e. The fraction of sp³-hybridized carbons (Fsp3) is 0.929. The maximum absolute atomic E-state index is 10.8. The first-order chi connectivity index (χ1) is 13.7. The van der Waals surface area contributed by atoms with E-state index in [1.54, 1.807) is 0 Å². The van der Waals surface area contributed by atoms with Crippen LogP contribution in [-0.4, -0.2) is 106 Å². The quantitative estimate of drug-likeness (QED) is 0.122. The van der Waals surface area contributed by atoms with E-state index < -0.39 is 73.0 Å². The van der Waals surface area contributed by atoms with Crippen molar-refractivity contribution in [3.05, 3.63) is 0 Å². The lowest BCUT2D eigenvalue weighted by Crippen LogP contribution is -2.64. The highest BCUT2D eigenvalue weighted by Gasteiger charge is 2.52. The highest BCUT2D eigenvalue weighted by Crippen LogP contribution is 2.31. The van der Waals surface area contributed by atoms with Gasteiger partial charge in [-0.1, -0.05) is 0 Å². The molecule has 4 N–H and O–H groups in total. The van der Waals surface area contributed by atoms with Crippen LogP contribution in [0.5, 0.6) is 0 Å². The minimum atomic E-state index is -2.79. The van der Waals surface area contributed by atoms with Crippen molar-refractivity contribution in [3.63, 3.8) is 0 Å². The van der Waals surface area contributed by atoms with E-state index in [9.17, 15) is 24.3 Å². The van der Waals surface area contributed by atoms with Gasteiger partial charge in [-0.3, -0.25) is 9.35 Å². The maximum atomic E-state index is 10.8. The maximum Gasteiger partial charge on any atom is 0.331 e. The van der Waals surface area contributed by atoms with Gasteiger partial charge in [0.15, 0.2) is 24.8 Å². The average molecular weight is 448 g/mol. The summed E-state index contributed by atoms with van der Waals surface area (Å²) in [6.07, 6.45) is -13.8. The van der Waals surface area contributed by atoms with Crippen LogP contribution in [0.3, 0.4) is 0 Å². The van der Waals surface area contributed by atoms with Gasteiger partial charge in [0.2, 0.25) is 6.29 Å². The molecule has 170 valence electrons. The van der Waals surface area contributed by atoms with Crippen LogP contribution in [-0.2, 0) is 53.8 Å². The predicted octanol–water partition coefficient (Wildman–Crippen LogP) is -2.83. The monoisotopic (exact) mass is 448 g/mol. The number of rotatable bonds is 9. The molecule has 0 aromatic heterocycles. The molecule has 15 heteroatoms. The summed E-state index contributed by atoms with van der Waals surface area (Å²) in [5, 5.41) is 30.9. The van der Waals surface area contributed by atoms with Gasteiger partial charge in [0.05, 0.1) is 6.10 Å². The third-order valence-corrected chi connectivity index (χ3v) is 4.64. The molecule has 0 aromatic rings. The van der Waals surface area contributed by atoms with E-state index in [1.807, 2.05) is 0 Å². The van der Waals surface area contributed by atoms with Crippen LogP contribution in [0.25, 0.3) is 0 Å². The summed E-state index contributed by atoms with van der Waals surface area (Å²) < 4.78 is 54.6. The molecule has 11 atom stereocenters.